The Balaban J connectivity index is 1.37. The van der Waals surface area contributed by atoms with E-state index < -0.39 is 6.85 Å². The van der Waals surface area contributed by atoms with E-state index in [2.05, 4.69) is 119 Å². The number of fused-ring (bicyclic) bond motifs is 13. The summed E-state index contributed by atoms with van der Waals surface area (Å²) in [6.07, 6.45) is 0. The van der Waals surface area contributed by atoms with E-state index in [9.17, 15) is 0 Å². The summed E-state index contributed by atoms with van der Waals surface area (Å²) in [6, 6.07) is 55.9. The third kappa shape index (κ3) is 4.14. The Hall–Kier alpha value is -6.56. The number of thiophene rings is 1. The van der Waals surface area contributed by atoms with E-state index in [0.29, 0.717) is 22.5 Å². The molecule has 0 aliphatic carbocycles. The molecule has 2 aromatic heterocycles. The molecular weight excluding hydrogens is 653 g/mol. The maximum Gasteiger partial charge on any atom is 0.251 e. The zero-order chi connectivity index (χ0) is 36.8. The fraction of sp³-hybridized carbons (Fsp3) is 0.0213. The lowest BCUT2D eigenvalue weighted by atomic mass is 9.87. The van der Waals surface area contributed by atoms with E-state index in [1.54, 1.807) is 23.5 Å². The fourth-order valence-corrected chi connectivity index (χ4v) is 9.34. The molecule has 244 valence electrons. The highest BCUT2D eigenvalue weighted by molar-refractivity contribution is 7.26. The molecule has 0 spiro atoms. The van der Waals surface area contributed by atoms with Crippen molar-refractivity contribution in [2.45, 2.75) is 6.85 Å². The van der Waals surface area contributed by atoms with Gasteiger partial charge >= 0.3 is 0 Å². The highest BCUT2D eigenvalue weighted by Gasteiger charge is 2.38. The SMILES string of the molecule is [2H]C([2H])([2H])c1cccc2nc(N3c4c(c5ccccc5c5c4sc4ccccc45)-c4c(ccc5ccccc45)N3c3ccccc3)nc(-c3ccccc3)c12. The zero-order valence-electron chi connectivity index (χ0n) is 30.8. The van der Waals surface area contributed by atoms with Crippen molar-refractivity contribution in [2.24, 2.45) is 0 Å². The van der Waals surface area contributed by atoms with Gasteiger partial charge in [-0.3, -0.25) is 0 Å². The van der Waals surface area contributed by atoms with E-state index in [1.807, 2.05) is 42.5 Å². The zero-order valence-corrected chi connectivity index (χ0v) is 28.6. The maximum absolute atomic E-state index is 8.53. The average molecular weight is 686 g/mol. The van der Waals surface area contributed by atoms with Gasteiger partial charge in [0.25, 0.3) is 5.95 Å². The van der Waals surface area contributed by atoms with Crippen molar-refractivity contribution in [1.29, 1.82) is 0 Å². The van der Waals surface area contributed by atoms with Crippen LogP contribution in [0.15, 0.2) is 164 Å². The molecule has 1 aliphatic heterocycles. The van der Waals surface area contributed by atoms with Crippen molar-refractivity contribution in [3.8, 4) is 22.4 Å². The van der Waals surface area contributed by atoms with Crippen molar-refractivity contribution < 1.29 is 4.11 Å². The minimum atomic E-state index is -2.37. The molecule has 0 saturated carbocycles. The first kappa shape index (κ1) is 26.3. The van der Waals surface area contributed by atoms with Gasteiger partial charge in [-0.1, -0.05) is 133 Å². The van der Waals surface area contributed by atoms with Gasteiger partial charge in [0.15, 0.2) is 0 Å². The smallest absolute Gasteiger partial charge is 0.246 e. The average Bonchev–Trinajstić information content (AvgIpc) is 3.62. The van der Waals surface area contributed by atoms with Crippen LogP contribution in [0.2, 0.25) is 0 Å². The second kappa shape index (κ2) is 11.2. The summed E-state index contributed by atoms with van der Waals surface area (Å²) in [5, 5.41) is 12.0. The monoisotopic (exact) mass is 685 g/mol. The molecule has 0 saturated heterocycles. The second-order valence-electron chi connectivity index (χ2n) is 13.1. The Kier molecular flexibility index (Phi) is 5.67. The lowest BCUT2D eigenvalue weighted by Crippen LogP contribution is -2.40. The Morgan fingerprint density at radius 3 is 2.08 bits per heavy atom. The van der Waals surface area contributed by atoms with Gasteiger partial charge in [-0.2, -0.15) is 0 Å². The standard InChI is InChI=1S/C47H30N4S/c1-29-15-14-25-37-40(29)44(31-17-4-2-5-18-31)49-47(48-37)51-45-43(35-23-11-10-22-34(35)41-36-24-12-13-26-39(36)52-46(41)45)42-33-21-9-8-16-30(33)27-28-38(42)50(51)32-19-6-3-7-20-32/h2-28H,1H3/i1D3. The molecule has 52 heavy (non-hydrogen) atoms. The molecule has 1 aliphatic rings. The van der Waals surface area contributed by atoms with Crippen LogP contribution >= 0.6 is 11.3 Å². The summed E-state index contributed by atoms with van der Waals surface area (Å²) < 4.78 is 27.9. The van der Waals surface area contributed by atoms with Crippen molar-refractivity contribution >= 4 is 87.0 Å². The van der Waals surface area contributed by atoms with E-state index in [4.69, 9.17) is 14.1 Å². The summed E-state index contributed by atoms with van der Waals surface area (Å²) in [5.74, 6) is 0.437. The predicted octanol–water partition coefficient (Wildman–Crippen LogP) is 13.2. The van der Waals surface area contributed by atoms with Gasteiger partial charge in [-0.15, -0.1) is 11.3 Å². The highest BCUT2D eigenvalue weighted by atomic mass is 32.1. The quantitative estimate of drug-likeness (QED) is 0.185. The molecule has 0 unspecified atom stereocenters. The Morgan fingerprint density at radius 2 is 1.25 bits per heavy atom. The van der Waals surface area contributed by atoms with Gasteiger partial charge in [0.05, 0.1) is 33.0 Å². The number of hydrogen-bond donors (Lipinski definition) is 0. The Labute approximate surface area is 308 Å². The number of anilines is 4. The van der Waals surface area contributed by atoms with Crippen LogP contribution in [-0.4, -0.2) is 9.97 Å². The first-order valence-electron chi connectivity index (χ1n) is 18.9. The molecule has 0 atom stereocenters. The van der Waals surface area contributed by atoms with Crippen molar-refractivity contribution in [3.05, 3.63) is 169 Å². The number of para-hydroxylation sites is 1. The highest BCUT2D eigenvalue weighted by Crippen LogP contribution is 2.59. The summed E-state index contributed by atoms with van der Waals surface area (Å²) in [6.45, 7) is -2.37. The van der Waals surface area contributed by atoms with Crippen LogP contribution < -0.4 is 10.0 Å². The molecule has 4 nitrogen and oxygen atoms in total. The molecule has 0 amide bonds. The topological polar surface area (TPSA) is 32.3 Å². The molecule has 8 aromatic carbocycles. The van der Waals surface area contributed by atoms with Crippen LogP contribution in [0.5, 0.6) is 0 Å². The molecule has 0 radical (unpaired) electrons. The number of aryl methyl sites for hydroxylation is 1. The molecule has 3 heterocycles. The van der Waals surface area contributed by atoms with E-state index in [0.717, 1.165) is 54.6 Å². The van der Waals surface area contributed by atoms with Crippen molar-refractivity contribution in [1.82, 2.24) is 9.97 Å². The second-order valence-corrected chi connectivity index (χ2v) is 14.2. The van der Waals surface area contributed by atoms with Crippen molar-refractivity contribution in [2.75, 3.05) is 10.0 Å². The van der Waals surface area contributed by atoms with Crippen LogP contribution in [0, 0.1) is 6.85 Å². The molecule has 11 rings (SSSR count). The maximum atomic E-state index is 8.53. The van der Waals surface area contributed by atoms with Crippen molar-refractivity contribution in [3.63, 3.8) is 0 Å². The largest absolute Gasteiger partial charge is 0.251 e. The van der Waals surface area contributed by atoms with Crippen LogP contribution in [0.4, 0.5) is 23.0 Å². The number of nitrogens with zero attached hydrogens (tertiary/aromatic N) is 4. The third-order valence-electron chi connectivity index (χ3n) is 10.3. The molecule has 5 heteroatoms. The van der Waals surface area contributed by atoms with E-state index >= 15 is 0 Å². The minimum Gasteiger partial charge on any atom is -0.246 e. The summed E-state index contributed by atoms with van der Waals surface area (Å²) in [7, 11) is 0. The number of rotatable bonds is 3. The predicted molar refractivity (Wildman–Crippen MR) is 220 cm³/mol. The lowest BCUT2D eigenvalue weighted by Gasteiger charge is -2.43. The summed E-state index contributed by atoms with van der Waals surface area (Å²) in [4.78, 5) is 10.8. The number of hydrogen-bond acceptors (Lipinski definition) is 5. The number of hydrazine groups is 1. The van der Waals surface area contributed by atoms with Crippen LogP contribution in [0.3, 0.4) is 0 Å². The van der Waals surface area contributed by atoms with E-state index in [1.165, 1.54) is 20.9 Å². The van der Waals surface area contributed by atoms with Crippen LogP contribution in [0.1, 0.15) is 9.68 Å². The van der Waals surface area contributed by atoms with Gasteiger partial charge in [-0.05, 0) is 64.3 Å². The number of aromatic nitrogens is 2. The first-order chi connectivity index (χ1) is 27.0. The number of benzene rings is 8. The van der Waals surface area contributed by atoms with Gasteiger partial charge in [0.2, 0.25) is 0 Å². The van der Waals surface area contributed by atoms with Crippen LogP contribution in [-0.2, 0) is 0 Å². The summed E-state index contributed by atoms with van der Waals surface area (Å²) >= 11 is 1.78. The molecule has 0 fully saturated rings. The van der Waals surface area contributed by atoms with E-state index in [-0.39, 0.29) is 5.56 Å². The van der Waals surface area contributed by atoms with Crippen LogP contribution in [0.25, 0.3) is 75.0 Å². The van der Waals surface area contributed by atoms with Gasteiger partial charge < -0.3 is 0 Å². The Bertz CT molecular complexity index is 3160. The molecule has 0 N–H and O–H groups in total. The van der Waals surface area contributed by atoms with Gasteiger partial charge in [0, 0.05) is 41.7 Å². The summed E-state index contributed by atoms with van der Waals surface area (Å²) in [5.41, 5.74) is 7.32. The normalized spacial score (nSPS) is 13.7. The lowest BCUT2D eigenvalue weighted by molar-refractivity contribution is 0.933. The third-order valence-corrected chi connectivity index (χ3v) is 11.4. The van der Waals surface area contributed by atoms with Gasteiger partial charge in [0.1, 0.15) is 0 Å². The molecule has 10 aromatic rings. The minimum absolute atomic E-state index is 0.226. The fourth-order valence-electron chi connectivity index (χ4n) is 8.09. The van der Waals surface area contributed by atoms with Gasteiger partial charge in [-0.25, -0.2) is 20.0 Å². The molecular formula is C47H30N4S. The first-order valence-corrected chi connectivity index (χ1v) is 18.2. The Morgan fingerprint density at radius 1 is 0.538 bits per heavy atom. The molecule has 0 bridgehead atoms.